The number of nitrogens with zero attached hydrogens (tertiary/aromatic N) is 3. The standard InChI is InChI=1S/C17H22N4O4/c18-16(22)14-5-1-2-10-20(14)17(23)12-6-7-13(15(11-12)21(24)25)19-8-3-4-9-19/h6-7,11,14H,1-5,8-10H2,(H2,18,22). The van der Waals surface area contributed by atoms with Gasteiger partial charge < -0.3 is 15.5 Å². The van der Waals surface area contributed by atoms with Crippen LogP contribution in [0.25, 0.3) is 0 Å². The summed E-state index contributed by atoms with van der Waals surface area (Å²) in [7, 11) is 0. The van der Waals surface area contributed by atoms with Crippen LogP contribution in [0.1, 0.15) is 42.5 Å². The molecule has 25 heavy (non-hydrogen) atoms. The fourth-order valence-electron chi connectivity index (χ4n) is 3.66. The van der Waals surface area contributed by atoms with Crippen LogP contribution < -0.4 is 10.6 Å². The molecule has 0 aliphatic carbocycles. The molecule has 8 heteroatoms. The third-order valence-corrected chi connectivity index (χ3v) is 4.96. The van der Waals surface area contributed by atoms with Crippen molar-refractivity contribution >= 4 is 23.2 Å². The molecule has 0 radical (unpaired) electrons. The lowest BCUT2D eigenvalue weighted by atomic mass is 10.00. The molecular formula is C17H22N4O4. The van der Waals surface area contributed by atoms with E-state index < -0.39 is 16.9 Å². The minimum absolute atomic E-state index is 0.0691. The summed E-state index contributed by atoms with van der Waals surface area (Å²) in [4.78, 5) is 38.9. The van der Waals surface area contributed by atoms with Gasteiger partial charge in [-0.3, -0.25) is 19.7 Å². The van der Waals surface area contributed by atoms with Crippen LogP contribution in [0, 0.1) is 10.1 Å². The van der Waals surface area contributed by atoms with E-state index in [1.165, 1.54) is 11.0 Å². The Kier molecular flexibility index (Phi) is 4.87. The summed E-state index contributed by atoms with van der Waals surface area (Å²) in [6.07, 6.45) is 4.18. The van der Waals surface area contributed by atoms with Crippen molar-refractivity contribution in [2.75, 3.05) is 24.5 Å². The van der Waals surface area contributed by atoms with Gasteiger partial charge in [-0.1, -0.05) is 0 Å². The number of nitro benzene ring substituents is 1. The van der Waals surface area contributed by atoms with E-state index in [1.54, 1.807) is 12.1 Å². The molecule has 2 aliphatic rings. The molecule has 2 amide bonds. The Morgan fingerprint density at radius 2 is 1.80 bits per heavy atom. The molecule has 2 fully saturated rings. The van der Waals surface area contributed by atoms with Crippen LogP contribution in [0.2, 0.25) is 0 Å². The zero-order chi connectivity index (χ0) is 18.0. The van der Waals surface area contributed by atoms with Crippen molar-refractivity contribution in [2.24, 2.45) is 5.73 Å². The number of carbonyl (C=O) groups is 2. The van der Waals surface area contributed by atoms with E-state index in [4.69, 9.17) is 5.73 Å². The number of hydrogen-bond donors (Lipinski definition) is 1. The first-order valence-corrected chi connectivity index (χ1v) is 8.62. The number of amides is 2. The van der Waals surface area contributed by atoms with Gasteiger partial charge in [0.25, 0.3) is 11.6 Å². The Morgan fingerprint density at radius 3 is 2.44 bits per heavy atom. The van der Waals surface area contributed by atoms with Crippen LogP contribution in [0.15, 0.2) is 18.2 Å². The molecule has 0 aromatic heterocycles. The fraction of sp³-hybridized carbons (Fsp3) is 0.529. The zero-order valence-corrected chi connectivity index (χ0v) is 14.0. The van der Waals surface area contributed by atoms with E-state index in [9.17, 15) is 19.7 Å². The monoisotopic (exact) mass is 346 g/mol. The SMILES string of the molecule is NC(=O)C1CCCCN1C(=O)c1ccc(N2CCCC2)c([N+](=O)[O-])c1. The molecule has 0 bridgehead atoms. The maximum atomic E-state index is 12.8. The van der Waals surface area contributed by atoms with Crippen molar-refractivity contribution < 1.29 is 14.5 Å². The second-order valence-electron chi connectivity index (χ2n) is 6.57. The predicted molar refractivity (Wildman–Crippen MR) is 92.4 cm³/mol. The number of rotatable bonds is 4. The van der Waals surface area contributed by atoms with Gasteiger partial charge in [0.2, 0.25) is 5.91 Å². The molecule has 2 aliphatic heterocycles. The van der Waals surface area contributed by atoms with E-state index in [2.05, 4.69) is 0 Å². The average Bonchev–Trinajstić information content (AvgIpc) is 3.15. The summed E-state index contributed by atoms with van der Waals surface area (Å²) in [5.74, 6) is -0.907. The fourth-order valence-corrected chi connectivity index (χ4v) is 3.66. The molecule has 1 unspecified atom stereocenters. The van der Waals surface area contributed by atoms with Gasteiger partial charge in [0.05, 0.1) is 4.92 Å². The Balaban J connectivity index is 1.91. The van der Waals surface area contributed by atoms with Crippen LogP contribution in [0.3, 0.4) is 0 Å². The Morgan fingerprint density at radius 1 is 1.12 bits per heavy atom. The minimum Gasteiger partial charge on any atom is -0.368 e. The topological polar surface area (TPSA) is 110 Å². The van der Waals surface area contributed by atoms with Gasteiger partial charge in [-0.15, -0.1) is 0 Å². The summed E-state index contributed by atoms with van der Waals surface area (Å²) >= 11 is 0. The molecule has 1 atom stereocenters. The minimum atomic E-state index is -0.640. The van der Waals surface area contributed by atoms with Gasteiger partial charge in [-0.2, -0.15) is 0 Å². The van der Waals surface area contributed by atoms with Gasteiger partial charge in [0.1, 0.15) is 11.7 Å². The largest absolute Gasteiger partial charge is 0.368 e. The number of piperidine rings is 1. The lowest BCUT2D eigenvalue weighted by Gasteiger charge is -2.33. The number of nitro groups is 1. The molecule has 1 aromatic rings. The molecular weight excluding hydrogens is 324 g/mol. The summed E-state index contributed by atoms with van der Waals surface area (Å²) in [6.45, 7) is 2.00. The molecule has 2 heterocycles. The third-order valence-electron chi connectivity index (χ3n) is 4.96. The molecule has 3 rings (SSSR count). The van der Waals surface area contributed by atoms with Gasteiger partial charge in [0, 0.05) is 31.3 Å². The molecule has 0 saturated carbocycles. The maximum Gasteiger partial charge on any atom is 0.293 e. The maximum absolute atomic E-state index is 12.8. The summed E-state index contributed by atoms with van der Waals surface area (Å²) in [5.41, 5.74) is 6.11. The van der Waals surface area contributed by atoms with Crippen molar-refractivity contribution in [1.29, 1.82) is 0 Å². The molecule has 2 N–H and O–H groups in total. The first-order valence-electron chi connectivity index (χ1n) is 8.62. The second-order valence-corrected chi connectivity index (χ2v) is 6.57. The van der Waals surface area contributed by atoms with Crippen LogP contribution in [-0.4, -0.2) is 47.3 Å². The Hall–Kier alpha value is -2.64. The van der Waals surface area contributed by atoms with Crippen LogP contribution in [-0.2, 0) is 4.79 Å². The highest BCUT2D eigenvalue weighted by Crippen LogP contribution is 2.32. The van der Waals surface area contributed by atoms with Crippen LogP contribution in [0.4, 0.5) is 11.4 Å². The lowest BCUT2D eigenvalue weighted by molar-refractivity contribution is -0.384. The number of anilines is 1. The number of nitrogens with two attached hydrogens (primary N) is 1. The number of hydrogen-bond acceptors (Lipinski definition) is 5. The molecule has 134 valence electrons. The van der Waals surface area contributed by atoms with E-state index in [1.807, 2.05) is 4.90 Å². The zero-order valence-electron chi connectivity index (χ0n) is 14.0. The van der Waals surface area contributed by atoms with Gasteiger partial charge >= 0.3 is 0 Å². The van der Waals surface area contributed by atoms with Crippen LogP contribution >= 0.6 is 0 Å². The molecule has 1 aromatic carbocycles. The van der Waals surface area contributed by atoms with E-state index in [0.717, 1.165) is 38.8 Å². The highest BCUT2D eigenvalue weighted by molar-refractivity contribution is 5.98. The molecule has 0 spiro atoms. The van der Waals surface area contributed by atoms with E-state index in [0.29, 0.717) is 18.7 Å². The Labute approximate surface area is 145 Å². The normalized spacial score (nSPS) is 20.6. The number of likely N-dealkylation sites (tertiary alicyclic amines) is 1. The average molecular weight is 346 g/mol. The summed E-state index contributed by atoms with van der Waals surface area (Å²) in [6, 6.07) is 3.93. The van der Waals surface area contributed by atoms with Gasteiger partial charge in [-0.25, -0.2) is 0 Å². The predicted octanol–water partition coefficient (Wildman–Crippen LogP) is 1.67. The van der Waals surface area contributed by atoms with E-state index in [-0.39, 0.29) is 17.2 Å². The summed E-state index contributed by atoms with van der Waals surface area (Å²) in [5, 5.41) is 11.5. The number of benzene rings is 1. The quantitative estimate of drug-likeness (QED) is 0.659. The smallest absolute Gasteiger partial charge is 0.293 e. The first kappa shape index (κ1) is 17.2. The van der Waals surface area contributed by atoms with Crippen molar-refractivity contribution in [2.45, 2.75) is 38.1 Å². The lowest BCUT2D eigenvalue weighted by Crippen LogP contribution is -2.50. The first-order chi connectivity index (χ1) is 12.0. The molecule has 2 saturated heterocycles. The van der Waals surface area contributed by atoms with Crippen molar-refractivity contribution in [3.8, 4) is 0 Å². The third kappa shape index (κ3) is 3.42. The summed E-state index contributed by atoms with van der Waals surface area (Å²) < 4.78 is 0. The number of primary amides is 1. The highest BCUT2D eigenvalue weighted by atomic mass is 16.6. The van der Waals surface area contributed by atoms with Crippen molar-refractivity contribution in [1.82, 2.24) is 4.90 Å². The van der Waals surface area contributed by atoms with Crippen molar-refractivity contribution in [3.63, 3.8) is 0 Å². The molecule has 8 nitrogen and oxygen atoms in total. The van der Waals surface area contributed by atoms with Crippen LogP contribution in [0.5, 0.6) is 0 Å². The van der Waals surface area contributed by atoms with Crippen molar-refractivity contribution in [3.05, 3.63) is 33.9 Å². The second kappa shape index (κ2) is 7.08. The van der Waals surface area contributed by atoms with Gasteiger partial charge in [-0.05, 0) is 44.2 Å². The Bertz CT molecular complexity index is 700. The number of carbonyl (C=O) groups excluding carboxylic acids is 2. The van der Waals surface area contributed by atoms with Gasteiger partial charge in [0.15, 0.2) is 0 Å². The van der Waals surface area contributed by atoms with E-state index >= 15 is 0 Å². The highest BCUT2D eigenvalue weighted by Gasteiger charge is 2.32.